The van der Waals surface area contributed by atoms with Crippen LogP contribution in [0.4, 0.5) is 0 Å². The maximum absolute atomic E-state index is 5.73. The van der Waals surface area contributed by atoms with Crippen LogP contribution >= 0.6 is 0 Å². The van der Waals surface area contributed by atoms with Crippen LogP contribution in [-0.4, -0.2) is 19.8 Å². The van der Waals surface area contributed by atoms with Gasteiger partial charge in [0, 0.05) is 18.7 Å². The van der Waals surface area contributed by atoms with Crippen LogP contribution in [0, 0.1) is 0 Å². The zero-order valence-electron chi connectivity index (χ0n) is 12.3. The van der Waals surface area contributed by atoms with E-state index in [1.54, 1.807) is 0 Å². The van der Waals surface area contributed by atoms with Crippen LogP contribution in [0.5, 0.6) is 11.5 Å². The summed E-state index contributed by atoms with van der Waals surface area (Å²) in [5.74, 6) is 2.24. The van der Waals surface area contributed by atoms with Crippen LogP contribution in [0.2, 0.25) is 0 Å². The number of nitrogens with one attached hydrogen (secondary N) is 1. The lowest BCUT2D eigenvalue weighted by atomic mass is 10.0. The highest BCUT2D eigenvalue weighted by Gasteiger charge is 2.15. The van der Waals surface area contributed by atoms with Gasteiger partial charge in [-0.2, -0.15) is 0 Å². The number of hydrogen-bond donors (Lipinski definition) is 1. The van der Waals surface area contributed by atoms with Gasteiger partial charge in [-0.25, -0.2) is 0 Å². The third-order valence-electron chi connectivity index (χ3n) is 3.78. The van der Waals surface area contributed by atoms with Crippen molar-refractivity contribution >= 4 is 0 Å². The summed E-state index contributed by atoms with van der Waals surface area (Å²) in [7, 11) is 0. The minimum absolute atomic E-state index is 0.489. The Labute approximate surface area is 125 Å². The van der Waals surface area contributed by atoms with E-state index in [9.17, 15) is 0 Å². The molecule has 3 heteroatoms. The van der Waals surface area contributed by atoms with Crippen LogP contribution in [0.25, 0.3) is 0 Å². The van der Waals surface area contributed by atoms with Crippen molar-refractivity contribution in [1.82, 2.24) is 5.32 Å². The van der Waals surface area contributed by atoms with Crippen molar-refractivity contribution in [3.63, 3.8) is 0 Å². The van der Waals surface area contributed by atoms with E-state index in [2.05, 4.69) is 48.6 Å². The number of para-hydroxylation sites is 1. The molecule has 2 aromatic rings. The molecular weight excluding hydrogens is 262 g/mol. The quantitative estimate of drug-likeness (QED) is 0.913. The normalized spacial score (nSPS) is 14.7. The fraction of sp³-hybridized carbons (Fsp3) is 0.333. The first-order valence-corrected chi connectivity index (χ1v) is 7.48. The van der Waals surface area contributed by atoms with E-state index in [1.807, 2.05) is 12.1 Å². The Hall–Kier alpha value is -2.00. The molecule has 0 radical (unpaired) electrons. The molecule has 0 amide bonds. The van der Waals surface area contributed by atoms with Crippen molar-refractivity contribution < 1.29 is 9.47 Å². The van der Waals surface area contributed by atoms with Gasteiger partial charge in [-0.3, -0.25) is 0 Å². The average Bonchev–Trinajstić information content (AvgIpc) is 2.56. The van der Waals surface area contributed by atoms with E-state index < -0.39 is 0 Å². The molecular formula is C18H21NO2. The Morgan fingerprint density at radius 2 is 1.81 bits per heavy atom. The first-order valence-electron chi connectivity index (χ1n) is 7.48. The third-order valence-corrected chi connectivity index (χ3v) is 3.78. The highest BCUT2D eigenvalue weighted by atomic mass is 16.6. The van der Waals surface area contributed by atoms with Crippen molar-refractivity contribution in [1.29, 1.82) is 0 Å². The first kappa shape index (κ1) is 14.0. The molecule has 1 unspecified atom stereocenters. The minimum Gasteiger partial charge on any atom is -0.486 e. The van der Waals surface area contributed by atoms with Crippen LogP contribution in [-0.2, 0) is 6.54 Å². The topological polar surface area (TPSA) is 30.5 Å². The summed E-state index contributed by atoms with van der Waals surface area (Å²) < 4.78 is 11.3. The smallest absolute Gasteiger partial charge is 0.165 e. The molecule has 3 rings (SSSR count). The molecule has 1 N–H and O–H groups in total. The predicted octanol–water partition coefficient (Wildman–Crippen LogP) is 3.35. The van der Waals surface area contributed by atoms with Gasteiger partial charge in [-0.15, -0.1) is 0 Å². The number of hydrogen-bond acceptors (Lipinski definition) is 3. The molecule has 0 fully saturated rings. The predicted molar refractivity (Wildman–Crippen MR) is 84.0 cm³/mol. The summed E-state index contributed by atoms with van der Waals surface area (Å²) in [5.41, 5.74) is 2.52. The SMILES string of the molecule is CC(CNCc1cccc2c1OCCO2)c1ccccc1. The van der Waals surface area contributed by atoms with E-state index in [0.717, 1.165) is 30.2 Å². The van der Waals surface area contributed by atoms with E-state index in [-0.39, 0.29) is 0 Å². The zero-order valence-corrected chi connectivity index (χ0v) is 12.3. The van der Waals surface area contributed by atoms with E-state index in [1.165, 1.54) is 5.56 Å². The number of benzene rings is 2. The summed E-state index contributed by atoms with van der Waals surface area (Å²) in [6.45, 7) is 5.24. The van der Waals surface area contributed by atoms with Crippen LogP contribution in [0.15, 0.2) is 48.5 Å². The molecule has 1 aliphatic rings. The van der Waals surface area contributed by atoms with Crippen LogP contribution < -0.4 is 14.8 Å². The number of rotatable bonds is 5. The van der Waals surface area contributed by atoms with Crippen molar-refractivity contribution in [3.8, 4) is 11.5 Å². The average molecular weight is 283 g/mol. The second-order valence-corrected chi connectivity index (χ2v) is 5.38. The fourth-order valence-corrected chi connectivity index (χ4v) is 2.60. The van der Waals surface area contributed by atoms with Crippen LogP contribution in [0.1, 0.15) is 24.0 Å². The van der Waals surface area contributed by atoms with Gasteiger partial charge in [0.2, 0.25) is 0 Å². The Kier molecular flexibility index (Phi) is 4.41. The highest BCUT2D eigenvalue weighted by Crippen LogP contribution is 2.33. The van der Waals surface area contributed by atoms with Gasteiger partial charge in [0.1, 0.15) is 13.2 Å². The number of ether oxygens (including phenoxy) is 2. The Balaban J connectivity index is 1.59. The summed E-state index contributed by atoms with van der Waals surface area (Å²) in [6.07, 6.45) is 0. The van der Waals surface area contributed by atoms with E-state index in [4.69, 9.17) is 9.47 Å². The summed E-state index contributed by atoms with van der Waals surface area (Å²) in [6, 6.07) is 16.7. The van der Waals surface area contributed by atoms with Crippen molar-refractivity contribution in [3.05, 3.63) is 59.7 Å². The summed E-state index contributed by atoms with van der Waals surface area (Å²) in [5, 5.41) is 3.51. The highest BCUT2D eigenvalue weighted by molar-refractivity contribution is 5.47. The molecule has 0 spiro atoms. The monoisotopic (exact) mass is 283 g/mol. The van der Waals surface area contributed by atoms with E-state index >= 15 is 0 Å². The molecule has 110 valence electrons. The van der Waals surface area contributed by atoms with Gasteiger partial charge in [0.25, 0.3) is 0 Å². The molecule has 21 heavy (non-hydrogen) atoms. The summed E-state index contributed by atoms with van der Waals surface area (Å²) in [4.78, 5) is 0. The lowest BCUT2D eigenvalue weighted by molar-refractivity contribution is 0.169. The molecule has 0 saturated carbocycles. The lowest BCUT2D eigenvalue weighted by Gasteiger charge is -2.21. The Morgan fingerprint density at radius 1 is 1.00 bits per heavy atom. The maximum atomic E-state index is 5.73. The summed E-state index contributed by atoms with van der Waals surface area (Å²) >= 11 is 0. The molecule has 3 nitrogen and oxygen atoms in total. The van der Waals surface area contributed by atoms with Gasteiger partial charge in [0.05, 0.1) is 0 Å². The van der Waals surface area contributed by atoms with E-state index in [0.29, 0.717) is 19.1 Å². The standard InChI is InChI=1S/C18H21NO2/c1-14(15-6-3-2-4-7-15)12-19-13-16-8-5-9-17-18(16)21-11-10-20-17/h2-9,14,19H,10-13H2,1H3. The third kappa shape index (κ3) is 3.37. The molecule has 1 aliphatic heterocycles. The fourth-order valence-electron chi connectivity index (χ4n) is 2.60. The second kappa shape index (κ2) is 6.64. The molecule has 1 heterocycles. The van der Waals surface area contributed by atoms with Gasteiger partial charge in [-0.05, 0) is 17.5 Å². The Morgan fingerprint density at radius 3 is 2.67 bits per heavy atom. The second-order valence-electron chi connectivity index (χ2n) is 5.38. The molecule has 0 saturated heterocycles. The molecule has 2 aromatic carbocycles. The molecule has 1 atom stereocenters. The largest absolute Gasteiger partial charge is 0.486 e. The van der Waals surface area contributed by atoms with Crippen molar-refractivity contribution in [2.75, 3.05) is 19.8 Å². The van der Waals surface area contributed by atoms with Gasteiger partial charge < -0.3 is 14.8 Å². The molecule has 0 bridgehead atoms. The first-order chi connectivity index (χ1) is 10.3. The van der Waals surface area contributed by atoms with Crippen LogP contribution in [0.3, 0.4) is 0 Å². The van der Waals surface area contributed by atoms with Crippen molar-refractivity contribution in [2.45, 2.75) is 19.4 Å². The Bertz CT molecular complexity index is 583. The zero-order chi connectivity index (χ0) is 14.5. The van der Waals surface area contributed by atoms with Gasteiger partial charge >= 0.3 is 0 Å². The molecule has 0 aromatic heterocycles. The van der Waals surface area contributed by atoms with Gasteiger partial charge in [-0.1, -0.05) is 49.4 Å². The molecule has 0 aliphatic carbocycles. The van der Waals surface area contributed by atoms with Gasteiger partial charge in [0.15, 0.2) is 11.5 Å². The number of fused-ring (bicyclic) bond motifs is 1. The maximum Gasteiger partial charge on any atom is 0.165 e. The van der Waals surface area contributed by atoms with Crippen molar-refractivity contribution in [2.24, 2.45) is 0 Å². The lowest BCUT2D eigenvalue weighted by Crippen LogP contribution is -2.22. The minimum atomic E-state index is 0.489.